The van der Waals surface area contributed by atoms with E-state index in [4.69, 9.17) is 4.74 Å². The van der Waals surface area contributed by atoms with Gasteiger partial charge in [0, 0.05) is 0 Å². The Kier molecular flexibility index (Phi) is 7.79. The molecule has 0 N–H and O–H groups in total. The molecule has 1 aromatic rings. The summed E-state index contributed by atoms with van der Waals surface area (Å²) in [5.41, 5.74) is 2.12. The van der Waals surface area contributed by atoms with Crippen LogP contribution in [0.4, 0.5) is 0 Å². The molecule has 2 heteroatoms. The molecule has 0 bridgehead atoms. The molecule has 1 aromatic carbocycles. The van der Waals surface area contributed by atoms with E-state index in [-0.39, 0.29) is 12.1 Å². The molecule has 0 radical (unpaired) electrons. The highest BCUT2D eigenvalue weighted by atomic mass is 16.5. The molecule has 2 fully saturated rings. The molecule has 0 atom stereocenters. The summed E-state index contributed by atoms with van der Waals surface area (Å²) in [6.07, 6.45) is 15.4. The number of ether oxygens (including phenoxy) is 1. The molecule has 0 aliphatic heterocycles. The lowest BCUT2D eigenvalue weighted by Gasteiger charge is -2.29. The van der Waals surface area contributed by atoms with Gasteiger partial charge in [-0.3, -0.25) is 0 Å². The van der Waals surface area contributed by atoms with Gasteiger partial charge >= 0.3 is 5.97 Å². The van der Waals surface area contributed by atoms with Crippen molar-refractivity contribution in [2.75, 3.05) is 0 Å². The van der Waals surface area contributed by atoms with Crippen molar-refractivity contribution in [1.29, 1.82) is 0 Å². The normalized spacial score (nSPS) is 28.7. The van der Waals surface area contributed by atoms with Gasteiger partial charge < -0.3 is 4.74 Å². The molecule has 0 heterocycles. The van der Waals surface area contributed by atoms with E-state index in [0.717, 1.165) is 24.7 Å². The third-order valence-corrected chi connectivity index (χ3v) is 6.92. The summed E-state index contributed by atoms with van der Waals surface area (Å²) in [5, 5.41) is 0. The van der Waals surface area contributed by atoms with E-state index in [2.05, 4.69) is 26.0 Å². The van der Waals surface area contributed by atoms with E-state index < -0.39 is 0 Å². The maximum atomic E-state index is 12.4. The highest BCUT2D eigenvalue weighted by Gasteiger charge is 2.24. The summed E-state index contributed by atoms with van der Waals surface area (Å²) in [7, 11) is 0. The second-order valence-electron chi connectivity index (χ2n) is 9.12. The van der Waals surface area contributed by atoms with Gasteiger partial charge in [0.05, 0.1) is 5.56 Å². The minimum Gasteiger partial charge on any atom is -0.459 e. The highest BCUT2D eigenvalue weighted by molar-refractivity contribution is 5.89. The van der Waals surface area contributed by atoms with Crippen LogP contribution in [-0.2, 0) is 4.74 Å². The zero-order chi connectivity index (χ0) is 19.1. The van der Waals surface area contributed by atoms with E-state index in [9.17, 15) is 4.79 Å². The Morgan fingerprint density at radius 2 is 1.59 bits per heavy atom. The van der Waals surface area contributed by atoms with Gasteiger partial charge in [-0.25, -0.2) is 4.79 Å². The number of benzene rings is 1. The lowest BCUT2D eigenvalue weighted by molar-refractivity contribution is 0.0174. The number of esters is 1. The van der Waals surface area contributed by atoms with Crippen LogP contribution in [0.1, 0.15) is 113 Å². The van der Waals surface area contributed by atoms with E-state index in [1.54, 1.807) is 0 Å². The molecule has 2 saturated carbocycles. The van der Waals surface area contributed by atoms with E-state index in [0.29, 0.717) is 11.5 Å². The summed E-state index contributed by atoms with van der Waals surface area (Å²) in [4.78, 5) is 12.4. The van der Waals surface area contributed by atoms with Crippen LogP contribution in [0.3, 0.4) is 0 Å². The van der Waals surface area contributed by atoms with Crippen LogP contribution in [0.15, 0.2) is 24.3 Å². The topological polar surface area (TPSA) is 26.3 Å². The lowest BCUT2D eigenvalue weighted by atomic mass is 9.77. The lowest BCUT2D eigenvalue weighted by Crippen LogP contribution is -2.23. The first-order valence-electron chi connectivity index (χ1n) is 11.5. The van der Waals surface area contributed by atoms with Gasteiger partial charge in [0.25, 0.3) is 0 Å². The van der Waals surface area contributed by atoms with Crippen LogP contribution in [-0.4, -0.2) is 12.1 Å². The van der Waals surface area contributed by atoms with Crippen molar-refractivity contribution in [3.63, 3.8) is 0 Å². The Morgan fingerprint density at radius 3 is 2.22 bits per heavy atom. The van der Waals surface area contributed by atoms with Gasteiger partial charge in [-0.1, -0.05) is 51.7 Å². The highest BCUT2D eigenvalue weighted by Crippen LogP contribution is 2.37. The summed E-state index contributed by atoms with van der Waals surface area (Å²) in [6.45, 7) is 4.57. The van der Waals surface area contributed by atoms with Crippen molar-refractivity contribution in [2.24, 2.45) is 11.8 Å². The molecule has 0 amide bonds. The fourth-order valence-corrected chi connectivity index (χ4v) is 4.93. The molecule has 0 aromatic heterocycles. The fraction of sp³-hybridized carbons (Fsp3) is 0.720. The van der Waals surface area contributed by atoms with Gasteiger partial charge in [0.15, 0.2) is 0 Å². The molecule has 150 valence electrons. The molecule has 0 saturated heterocycles. The van der Waals surface area contributed by atoms with E-state index in [1.165, 1.54) is 69.8 Å². The number of hydrogen-bond donors (Lipinski definition) is 0. The average Bonchev–Trinajstić information content (AvgIpc) is 2.70. The number of carbonyl (C=O) groups is 1. The largest absolute Gasteiger partial charge is 0.459 e. The second kappa shape index (κ2) is 10.3. The zero-order valence-electron chi connectivity index (χ0n) is 17.4. The Bertz CT molecular complexity index is 560. The summed E-state index contributed by atoms with van der Waals surface area (Å²) >= 11 is 0. The number of hydrogen-bond acceptors (Lipinski definition) is 2. The predicted molar refractivity (Wildman–Crippen MR) is 112 cm³/mol. The van der Waals surface area contributed by atoms with Gasteiger partial charge in [0.1, 0.15) is 6.10 Å². The Labute approximate surface area is 166 Å². The SMILES string of the molecule is CCCCCC1CCC(c2ccc(C(=O)OC3CCC(C)CC3)cc2)CC1. The molecule has 3 rings (SSSR count). The van der Waals surface area contributed by atoms with Crippen LogP contribution >= 0.6 is 0 Å². The quantitative estimate of drug-likeness (QED) is 0.372. The number of carbonyl (C=O) groups excluding carboxylic acids is 1. The number of unbranched alkanes of at least 4 members (excludes halogenated alkanes) is 2. The van der Waals surface area contributed by atoms with Crippen molar-refractivity contribution in [3.05, 3.63) is 35.4 Å². The van der Waals surface area contributed by atoms with Crippen LogP contribution < -0.4 is 0 Å². The molecule has 27 heavy (non-hydrogen) atoms. The molecule has 2 aliphatic carbocycles. The van der Waals surface area contributed by atoms with Crippen LogP contribution in [0.5, 0.6) is 0 Å². The molecule has 0 spiro atoms. The van der Waals surface area contributed by atoms with Gasteiger partial charge in [-0.05, 0) is 86.8 Å². The standard InChI is InChI=1S/C25H38O2/c1-3-4-5-6-20-9-11-21(12-10-20)22-13-15-23(16-14-22)25(26)27-24-17-7-19(2)8-18-24/h13-16,19-21,24H,3-12,17-18H2,1-2H3. The Hall–Kier alpha value is -1.31. The predicted octanol–water partition coefficient (Wildman–Crippen LogP) is 7.28. The second-order valence-corrected chi connectivity index (χ2v) is 9.12. The number of rotatable bonds is 7. The van der Waals surface area contributed by atoms with Crippen molar-refractivity contribution in [2.45, 2.75) is 103 Å². The summed E-state index contributed by atoms with van der Waals surface area (Å²) < 4.78 is 5.73. The van der Waals surface area contributed by atoms with Crippen LogP contribution in [0.25, 0.3) is 0 Å². The summed E-state index contributed by atoms with van der Waals surface area (Å²) in [6, 6.07) is 8.30. The first-order valence-corrected chi connectivity index (χ1v) is 11.5. The molecule has 0 unspecified atom stereocenters. The maximum Gasteiger partial charge on any atom is 0.338 e. The van der Waals surface area contributed by atoms with Gasteiger partial charge in [-0.15, -0.1) is 0 Å². The van der Waals surface area contributed by atoms with Crippen molar-refractivity contribution in [3.8, 4) is 0 Å². The monoisotopic (exact) mass is 370 g/mol. The Morgan fingerprint density at radius 1 is 0.926 bits per heavy atom. The maximum absolute atomic E-state index is 12.4. The Balaban J connectivity index is 1.45. The summed E-state index contributed by atoms with van der Waals surface area (Å²) in [5.74, 6) is 2.26. The van der Waals surface area contributed by atoms with E-state index in [1.807, 2.05) is 12.1 Å². The average molecular weight is 371 g/mol. The van der Waals surface area contributed by atoms with Crippen molar-refractivity contribution in [1.82, 2.24) is 0 Å². The first kappa shape index (κ1) is 20.4. The van der Waals surface area contributed by atoms with Crippen molar-refractivity contribution >= 4 is 5.97 Å². The van der Waals surface area contributed by atoms with Crippen molar-refractivity contribution < 1.29 is 9.53 Å². The smallest absolute Gasteiger partial charge is 0.338 e. The minimum absolute atomic E-state index is 0.122. The van der Waals surface area contributed by atoms with Gasteiger partial charge in [0.2, 0.25) is 0 Å². The van der Waals surface area contributed by atoms with Crippen LogP contribution in [0.2, 0.25) is 0 Å². The molecular weight excluding hydrogens is 332 g/mol. The van der Waals surface area contributed by atoms with Crippen LogP contribution in [0, 0.1) is 11.8 Å². The molecule has 2 aliphatic rings. The first-order chi connectivity index (χ1) is 13.2. The van der Waals surface area contributed by atoms with Gasteiger partial charge in [-0.2, -0.15) is 0 Å². The molecule has 2 nitrogen and oxygen atoms in total. The minimum atomic E-state index is -0.138. The third-order valence-electron chi connectivity index (χ3n) is 6.92. The zero-order valence-corrected chi connectivity index (χ0v) is 17.4. The molecular formula is C25H38O2. The van der Waals surface area contributed by atoms with E-state index >= 15 is 0 Å². The fourth-order valence-electron chi connectivity index (χ4n) is 4.93. The third kappa shape index (κ3) is 6.09.